The minimum absolute atomic E-state index is 0.151. The Labute approximate surface area is 179 Å². The van der Waals surface area contributed by atoms with Crippen molar-refractivity contribution in [3.05, 3.63) is 94.0 Å². The van der Waals surface area contributed by atoms with Crippen molar-refractivity contribution in [3.63, 3.8) is 0 Å². The molecule has 4 rings (SSSR count). The minimum atomic E-state index is -0.332. The summed E-state index contributed by atoms with van der Waals surface area (Å²) in [5.41, 5.74) is 4.38. The number of aromatic nitrogens is 1. The molecule has 0 unspecified atom stereocenters. The van der Waals surface area contributed by atoms with Crippen molar-refractivity contribution < 1.29 is 9.13 Å². The molecule has 0 bridgehead atoms. The van der Waals surface area contributed by atoms with Gasteiger partial charge in [0.05, 0.1) is 6.04 Å². The van der Waals surface area contributed by atoms with Crippen LogP contribution < -0.4 is 0 Å². The minimum Gasteiger partial charge on any atom is -0.474 e. The molecule has 0 N–H and O–H groups in total. The Morgan fingerprint density at radius 1 is 1.21 bits per heavy atom. The van der Waals surface area contributed by atoms with Crippen LogP contribution in [0.3, 0.4) is 0 Å². The lowest BCUT2D eigenvalue weighted by Gasteiger charge is -2.10. The second-order valence-electron chi connectivity index (χ2n) is 7.16. The summed E-state index contributed by atoms with van der Waals surface area (Å²) in [4.78, 5) is 4.77. The van der Waals surface area contributed by atoms with Crippen molar-refractivity contribution in [2.45, 2.75) is 25.3 Å². The molecule has 0 radical (unpaired) electrons. The van der Waals surface area contributed by atoms with Gasteiger partial charge in [-0.05, 0) is 42.3 Å². The first-order valence-electron chi connectivity index (χ1n) is 9.52. The van der Waals surface area contributed by atoms with E-state index in [9.17, 15) is 4.39 Å². The summed E-state index contributed by atoms with van der Waals surface area (Å²) in [7, 11) is 0. The molecule has 2 aromatic carbocycles. The molecular formula is C23H22ClFN2OS. The summed E-state index contributed by atoms with van der Waals surface area (Å²) in [5, 5.41) is 0.421. The van der Waals surface area contributed by atoms with E-state index >= 15 is 0 Å². The van der Waals surface area contributed by atoms with Gasteiger partial charge in [0, 0.05) is 29.3 Å². The van der Waals surface area contributed by atoms with Crippen LogP contribution in [0.15, 0.2) is 65.8 Å². The van der Waals surface area contributed by atoms with Crippen LogP contribution in [-0.4, -0.2) is 28.9 Å². The number of aliphatic imine (C=N–C) groups is 1. The number of nitrogens with zero attached hydrogens (tertiary/aromatic N) is 2. The molecule has 1 aromatic heterocycles. The average Bonchev–Trinajstić information content (AvgIpc) is 3.35. The van der Waals surface area contributed by atoms with Crippen LogP contribution in [0.25, 0.3) is 0 Å². The van der Waals surface area contributed by atoms with Gasteiger partial charge in [0.2, 0.25) is 5.90 Å². The molecule has 1 atom stereocenters. The molecule has 0 saturated carbocycles. The second-order valence-corrected chi connectivity index (χ2v) is 8.59. The molecule has 150 valence electrons. The second kappa shape index (κ2) is 9.06. The van der Waals surface area contributed by atoms with Gasteiger partial charge in [0.15, 0.2) is 0 Å². The Balaban J connectivity index is 1.38. The van der Waals surface area contributed by atoms with Crippen molar-refractivity contribution in [1.82, 2.24) is 4.57 Å². The molecule has 0 amide bonds. The highest BCUT2D eigenvalue weighted by Gasteiger charge is 2.22. The summed E-state index contributed by atoms with van der Waals surface area (Å²) < 4.78 is 21.2. The van der Waals surface area contributed by atoms with Gasteiger partial charge in [-0.25, -0.2) is 9.38 Å². The molecule has 0 saturated heterocycles. The standard InChI is InChI=1S/C23H22ClFN2OS/c1-16-4-6-17(7-5-16)14-29-15-20-13-28-23(26-20)22-3-2-10-27(22)12-18-8-9-19(25)11-21(18)24/h2-11,20H,12-15H2,1H3/t20-/m1/s1. The van der Waals surface area contributed by atoms with Gasteiger partial charge in [0.1, 0.15) is 18.1 Å². The van der Waals surface area contributed by atoms with Gasteiger partial charge in [-0.3, -0.25) is 0 Å². The van der Waals surface area contributed by atoms with E-state index in [-0.39, 0.29) is 11.9 Å². The maximum absolute atomic E-state index is 13.3. The zero-order valence-corrected chi connectivity index (χ0v) is 17.7. The molecule has 2 heterocycles. The van der Waals surface area contributed by atoms with Gasteiger partial charge >= 0.3 is 0 Å². The Morgan fingerprint density at radius 3 is 2.83 bits per heavy atom. The van der Waals surface area contributed by atoms with E-state index in [0.717, 1.165) is 22.8 Å². The van der Waals surface area contributed by atoms with Gasteiger partial charge < -0.3 is 9.30 Å². The molecule has 6 heteroatoms. The topological polar surface area (TPSA) is 26.5 Å². The van der Waals surface area contributed by atoms with Crippen LogP contribution in [0.2, 0.25) is 5.02 Å². The summed E-state index contributed by atoms with van der Waals surface area (Å²) in [6.07, 6.45) is 1.96. The predicted octanol–water partition coefficient (Wildman–Crippen LogP) is 5.72. The number of halogens is 2. The maximum atomic E-state index is 13.3. The Hall–Kier alpha value is -2.24. The number of thioether (sulfide) groups is 1. The zero-order valence-electron chi connectivity index (χ0n) is 16.1. The summed E-state index contributed by atoms with van der Waals surface area (Å²) >= 11 is 8.05. The Bertz CT molecular complexity index is 1020. The third-order valence-corrected chi connectivity index (χ3v) is 6.33. The smallest absolute Gasteiger partial charge is 0.233 e. The molecule has 0 spiro atoms. The van der Waals surface area contributed by atoms with Crippen molar-refractivity contribution in [3.8, 4) is 0 Å². The summed E-state index contributed by atoms with van der Waals surface area (Å²) in [6.45, 7) is 3.23. The van der Waals surface area contributed by atoms with Crippen molar-refractivity contribution in [1.29, 1.82) is 0 Å². The molecular weight excluding hydrogens is 407 g/mol. The van der Waals surface area contributed by atoms with Gasteiger partial charge in [0.25, 0.3) is 0 Å². The van der Waals surface area contributed by atoms with Crippen LogP contribution in [0.5, 0.6) is 0 Å². The van der Waals surface area contributed by atoms with Crippen LogP contribution in [0.1, 0.15) is 22.4 Å². The van der Waals surface area contributed by atoms with E-state index in [1.165, 1.54) is 23.3 Å². The Kier molecular flexibility index (Phi) is 6.26. The van der Waals surface area contributed by atoms with Crippen molar-refractivity contribution in [2.75, 3.05) is 12.4 Å². The van der Waals surface area contributed by atoms with E-state index in [1.807, 2.05) is 34.7 Å². The van der Waals surface area contributed by atoms with Crippen molar-refractivity contribution >= 4 is 29.3 Å². The molecule has 1 aliphatic heterocycles. The first-order valence-corrected chi connectivity index (χ1v) is 11.0. The fourth-order valence-corrected chi connectivity index (χ4v) is 4.43. The number of aryl methyl sites for hydroxylation is 1. The Morgan fingerprint density at radius 2 is 2.03 bits per heavy atom. The first-order chi connectivity index (χ1) is 14.1. The quantitative estimate of drug-likeness (QED) is 0.481. The number of hydrogen-bond donors (Lipinski definition) is 0. The van der Waals surface area contributed by atoms with E-state index in [2.05, 4.69) is 31.2 Å². The average molecular weight is 429 g/mol. The lowest BCUT2D eigenvalue weighted by molar-refractivity contribution is 0.323. The lowest BCUT2D eigenvalue weighted by atomic mass is 10.2. The largest absolute Gasteiger partial charge is 0.474 e. The highest BCUT2D eigenvalue weighted by Crippen LogP contribution is 2.22. The fraction of sp³-hybridized carbons (Fsp3) is 0.261. The third-order valence-electron chi connectivity index (χ3n) is 4.82. The lowest BCUT2D eigenvalue weighted by Crippen LogP contribution is -2.11. The normalized spacial score (nSPS) is 16.0. The van der Waals surface area contributed by atoms with Crippen LogP contribution in [0, 0.1) is 12.7 Å². The monoisotopic (exact) mass is 428 g/mol. The zero-order chi connectivity index (χ0) is 20.2. The van der Waals surface area contributed by atoms with Crippen molar-refractivity contribution in [2.24, 2.45) is 4.99 Å². The molecule has 3 aromatic rings. The van der Waals surface area contributed by atoms with Gasteiger partial charge in [-0.1, -0.05) is 47.5 Å². The van der Waals surface area contributed by atoms with Crippen LogP contribution >= 0.6 is 23.4 Å². The maximum Gasteiger partial charge on any atom is 0.233 e. The SMILES string of the molecule is Cc1ccc(CSC[C@H]2COC(c3cccn3Cc3ccc(F)cc3Cl)=N2)cc1. The summed E-state index contributed by atoms with van der Waals surface area (Å²) in [5.74, 6) is 2.22. The van der Waals surface area contributed by atoms with Crippen LogP contribution in [0.4, 0.5) is 4.39 Å². The molecule has 0 aliphatic carbocycles. The number of benzene rings is 2. The predicted molar refractivity (Wildman–Crippen MR) is 119 cm³/mol. The van der Waals surface area contributed by atoms with E-state index in [1.54, 1.807) is 6.07 Å². The highest BCUT2D eigenvalue weighted by atomic mass is 35.5. The number of ether oxygens (including phenoxy) is 1. The number of hydrogen-bond acceptors (Lipinski definition) is 3. The van der Waals surface area contributed by atoms with E-state index in [4.69, 9.17) is 21.3 Å². The molecule has 3 nitrogen and oxygen atoms in total. The summed E-state index contributed by atoms with van der Waals surface area (Å²) in [6, 6.07) is 17.2. The molecule has 29 heavy (non-hydrogen) atoms. The highest BCUT2D eigenvalue weighted by molar-refractivity contribution is 7.98. The number of rotatable bonds is 7. The van der Waals surface area contributed by atoms with E-state index < -0.39 is 0 Å². The molecule has 1 aliphatic rings. The van der Waals surface area contributed by atoms with Crippen LogP contribution in [-0.2, 0) is 17.0 Å². The first kappa shape index (κ1) is 20.0. The fourth-order valence-electron chi connectivity index (χ4n) is 3.22. The van der Waals surface area contributed by atoms with Gasteiger partial charge in [-0.15, -0.1) is 0 Å². The van der Waals surface area contributed by atoms with E-state index in [0.29, 0.717) is 24.1 Å². The third kappa shape index (κ3) is 5.03. The molecule has 0 fully saturated rings. The van der Waals surface area contributed by atoms with Gasteiger partial charge in [-0.2, -0.15) is 11.8 Å².